The fourth-order valence-electron chi connectivity index (χ4n) is 2.17. The van der Waals surface area contributed by atoms with E-state index in [4.69, 9.17) is 0 Å². The highest BCUT2D eigenvalue weighted by Crippen LogP contribution is 2.15. The average Bonchev–Trinajstić information content (AvgIpc) is 2.53. The van der Waals surface area contributed by atoms with Crippen LogP contribution in [0.4, 0.5) is 0 Å². The first-order valence-corrected chi connectivity index (χ1v) is 6.15. The van der Waals surface area contributed by atoms with Crippen LogP contribution in [0.5, 0.6) is 0 Å². The molecule has 1 aliphatic rings. The topological polar surface area (TPSA) is 15.3 Å². The van der Waals surface area contributed by atoms with E-state index in [1.165, 1.54) is 45.6 Å². The number of hydrogen-bond donors (Lipinski definition) is 1. The summed E-state index contributed by atoms with van der Waals surface area (Å²) < 4.78 is 0. The number of rotatable bonds is 6. The normalized spacial score (nSPS) is 23.6. The lowest BCUT2D eigenvalue weighted by atomic mass is 10.1. The van der Waals surface area contributed by atoms with Gasteiger partial charge in [0.2, 0.25) is 0 Å². The molecule has 1 N–H and O–H groups in total. The summed E-state index contributed by atoms with van der Waals surface area (Å²) in [5.41, 5.74) is 0. The van der Waals surface area contributed by atoms with Gasteiger partial charge in [-0.1, -0.05) is 20.8 Å². The van der Waals surface area contributed by atoms with Crippen LogP contribution in [0.25, 0.3) is 0 Å². The van der Waals surface area contributed by atoms with E-state index in [9.17, 15) is 0 Å². The zero-order chi connectivity index (χ0) is 10.4. The minimum atomic E-state index is 0.781. The summed E-state index contributed by atoms with van der Waals surface area (Å²) in [5, 5.41) is 3.56. The van der Waals surface area contributed by atoms with Crippen molar-refractivity contribution in [3.05, 3.63) is 0 Å². The van der Waals surface area contributed by atoms with E-state index in [1.54, 1.807) is 0 Å². The lowest BCUT2D eigenvalue weighted by molar-refractivity contribution is 0.321. The Bertz CT molecular complexity index is 145. The molecule has 1 heterocycles. The molecule has 2 heteroatoms. The van der Waals surface area contributed by atoms with Crippen LogP contribution in [0, 0.1) is 11.8 Å². The van der Waals surface area contributed by atoms with E-state index < -0.39 is 0 Å². The van der Waals surface area contributed by atoms with E-state index in [2.05, 4.69) is 31.0 Å². The highest BCUT2D eigenvalue weighted by atomic mass is 15.1. The van der Waals surface area contributed by atoms with Crippen LogP contribution >= 0.6 is 0 Å². The first-order valence-electron chi connectivity index (χ1n) is 6.15. The summed E-state index contributed by atoms with van der Waals surface area (Å²) in [4.78, 5) is 2.60. The number of nitrogens with one attached hydrogen (secondary N) is 1. The van der Waals surface area contributed by atoms with Gasteiger partial charge in [-0.25, -0.2) is 0 Å². The Kier molecular flexibility index (Phi) is 5.49. The largest absolute Gasteiger partial charge is 0.316 e. The third-order valence-electron chi connectivity index (χ3n) is 2.90. The van der Waals surface area contributed by atoms with Crippen molar-refractivity contribution in [3.8, 4) is 0 Å². The Morgan fingerprint density at radius 3 is 2.86 bits per heavy atom. The van der Waals surface area contributed by atoms with E-state index in [0.717, 1.165) is 11.8 Å². The minimum absolute atomic E-state index is 0.781. The van der Waals surface area contributed by atoms with Gasteiger partial charge < -0.3 is 10.2 Å². The van der Waals surface area contributed by atoms with Gasteiger partial charge in [-0.15, -0.1) is 0 Å². The van der Waals surface area contributed by atoms with Crippen molar-refractivity contribution in [1.29, 1.82) is 0 Å². The van der Waals surface area contributed by atoms with E-state index >= 15 is 0 Å². The third-order valence-corrected chi connectivity index (χ3v) is 2.90. The van der Waals surface area contributed by atoms with Crippen molar-refractivity contribution in [2.75, 3.05) is 32.7 Å². The monoisotopic (exact) mass is 198 g/mol. The Morgan fingerprint density at radius 2 is 2.21 bits per heavy atom. The standard InChI is InChI=1S/C12H26N2/c1-4-6-14-7-5-12(10-14)9-13-8-11(2)3/h11-13H,4-10H2,1-3H3. The van der Waals surface area contributed by atoms with Crippen molar-refractivity contribution in [2.24, 2.45) is 11.8 Å². The molecule has 1 rings (SSSR count). The molecule has 1 saturated heterocycles. The van der Waals surface area contributed by atoms with Gasteiger partial charge in [-0.2, -0.15) is 0 Å². The Labute approximate surface area is 89.1 Å². The predicted molar refractivity (Wildman–Crippen MR) is 62.5 cm³/mol. The smallest absolute Gasteiger partial charge is 0.00223 e. The highest BCUT2D eigenvalue weighted by molar-refractivity contribution is 4.76. The summed E-state index contributed by atoms with van der Waals surface area (Å²) >= 11 is 0. The summed E-state index contributed by atoms with van der Waals surface area (Å²) in [5.74, 6) is 1.68. The van der Waals surface area contributed by atoms with Gasteiger partial charge in [-0.05, 0) is 50.9 Å². The van der Waals surface area contributed by atoms with Crippen molar-refractivity contribution in [2.45, 2.75) is 33.6 Å². The molecule has 0 saturated carbocycles. The van der Waals surface area contributed by atoms with E-state index in [0.29, 0.717) is 0 Å². The van der Waals surface area contributed by atoms with Gasteiger partial charge in [-0.3, -0.25) is 0 Å². The van der Waals surface area contributed by atoms with Crippen LogP contribution in [-0.2, 0) is 0 Å². The van der Waals surface area contributed by atoms with Crippen molar-refractivity contribution < 1.29 is 0 Å². The molecule has 0 aromatic heterocycles. The molecule has 1 atom stereocenters. The molecule has 0 aromatic carbocycles. The summed E-state index contributed by atoms with van der Waals surface area (Å²) in [6.07, 6.45) is 2.69. The molecule has 14 heavy (non-hydrogen) atoms. The minimum Gasteiger partial charge on any atom is -0.316 e. The second-order valence-corrected chi connectivity index (χ2v) is 5.01. The molecule has 2 nitrogen and oxygen atoms in total. The fourth-order valence-corrected chi connectivity index (χ4v) is 2.17. The van der Waals surface area contributed by atoms with Crippen LogP contribution in [-0.4, -0.2) is 37.6 Å². The molecule has 0 aliphatic carbocycles. The first kappa shape index (κ1) is 12.0. The fraction of sp³-hybridized carbons (Fsp3) is 1.00. The van der Waals surface area contributed by atoms with Crippen LogP contribution in [0.3, 0.4) is 0 Å². The second kappa shape index (κ2) is 6.41. The van der Waals surface area contributed by atoms with Gasteiger partial charge in [0.25, 0.3) is 0 Å². The molecular formula is C12H26N2. The SMILES string of the molecule is CCCN1CCC(CNCC(C)C)C1. The molecule has 1 aliphatic heterocycles. The van der Waals surface area contributed by atoms with Crippen LogP contribution in [0.15, 0.2) is 0 Å². The van der Waals surface area contributed by atoms with Crippen LogP contribution < -0.4 is 5.32 Å². The number of nitrogens with zero attached hydrogens (tertiary/aromatic N) is 1. The highest BCUT2D eigenvalue weighted by Gasteiger charge is 2.20. The molecule has 84 valence electrons. The number of likely N-dealkylation sites (tertiary alicyclic amines) is 1. The van der Waals surface area contributed by atoms with Gasteiger partial charge in [0, 0.05) is 6.54 Å². The van der Waals surface area contributed by atoms with Crippen LogP contribution in [0.2, 0.25) is 0 Å². The zero-order valence-corrected chi connectivity index (χ0v) is 10.1. The lowest BCUT2D eigenvalue weighted by Crippen LogP contribution is -2.29. The maximum absolute atomic E-state index is 3.56. The predicted octanol–water partition coefficient (Wildman–Crippen LogP) is 1.96. The van der Waals surface area contributed by atoms with E-state index in [1.807, 2.05) is 0 Å². The zero-order valence-electron chi connectivity index (χ0n) is 10.1. The Morgan fingerprint density at radius 1 is 1.43 bits per heavy atom. The van der Waals surface area contributed by atoms with E-state index in [-0.39, 0.29) is 0 Å². The van der Waals surface area contributed by atoms with Crippen molar-refractivity contribution in [1.82, 2.24) is 10.2 Å². The molecule has 0 bridgehead atoms. The third kappa shape index (κ3) is 4.43. The van der Waals surface area contributed by atoms with Gasteiger partial charge in [0.15, 0.2) is 0 Å². The Hall–Kier alpha value is -0.0800. The quantitative estimate of drug-likeness (QED) is 0.702. The van der Waals surface area contributed by atoms with Crippen LogP contribution in [0.1, 0.15) is 33.6 Å². The Balaban J connectivity index is 2.04. The molecule has 1 unspecified atom stereocenters. The first-order chi connectivity index (χ1) is 6.72. The van der Waals surface area contributed by atoms with Crippen molar-refractivity contribution in [3.63, 3.8) is 0 Å². The molecule has 0 spiro atoms. The average molecular weight is 198 g/mol. The second-order valence-electron chi connectivity index (χ2n) is 5.01. The lowest BCUT2D eigenvalue weighted by Gasteiger charge is -2.15. The van der Waals surface area contributed by atoms with Gasteiger partial charge in [0.1, 0.15) is 0 Å². The summed E-state index contributed by atoms with van der Waals surface area (Å²) in [6.45, 7) is 13.1. The maximum Gasteiger partial charge on any atom is 0.00223 e. The molecule has 1 fully saturated rings. The molecule has 0 aromatic rings. The molecular weight excluding hydrogens is 172 g/mol. The maximum atomic E-state index is 3.56. The van der Waals surface area contributed by atoms with Gasteiger partial charge in [0.05, 0.1) is 0 Å². The molecule has 0 radical (unpaired) electrons. The number of hydrogen-bond acceptors (Lipinski definition) is 2. The van der Waals surface area contributed by atoms with Crippen molar-refractivity contribution >= 4 is 0 Å². The summed E-state index contributed by atoms with van der Waals surface area (Å²) in [7, 11) is 0. The molecule has 0 amide bonds. The summed E-state index contributed by atoms with van der Waals surface area (Å²) in [6, 6.07) is 0. The van der Waals surface area contributed by atoms with Gasteiger partial charge >= 0.3 is 0 Å².